The van der Waals surface area contributed by atoms with Crippen molar-refractivity contribution in [1.29, 1.82) is 0 Å². The summed E-state index contributed by atoms with van der Waals surface area (Å²) in [4.78, 5) is 0. The predicted octanol–water partition coefficient (Wildman–Crippen LogP) is 4.30. The highest BCUT2D eigenvalue weighted by molar-refractivity contribution is 5.51. The molecule has 0 aliphatic heterocycles. The van der Waals surface area contributed by atoms with Crippen LogP contribution in [0.25, 0.3) is 0 Å². The zero-order valence-corrected chi connectivity index (χ0v) is 13.3. The zero-order chi connectivity index (χ0) is 17.7. The van der Waals surface area contributed by atoms with Crippen LogP contribution >= 0.6 is 0 Å². The first-order valence-corrected chi connectivity index (χ1v) is 7.41. The fourth-order valence-electron chi connectivity index (χ4n) is 2.47. The van der Waals surface area contributed by atoms with Crippen molar-refractivity contribution in [2.75, 3.05) is 12.4 Å². The van der Waals surface area contributed by atoms with Gasteiger partial charge < -0.3 is 15.8 Å². The molecule has 0 saturated heterocycles. The Morgan fingerprint density at radius 3 is 2.75 bits per heavy atom. The summed E-state index contributed by atoms with van der Waals surface area (Å²) >= 11 is 0. The molecule has 3 nitrogen and oxygen atoms in total. The first-order valence-electron chi connectivity index (χ1n) is 7.41. The molecule has 6 heteroatoms. The Morgan fingerprint density at radius 1 is 1.42 bits per heavy atom. The molecule has 2 rings (SSSR count). The van der Waals surface area contributed by atoms with Crippen molar-refractivity contribution in [2.45, 2.75) is 19.1 Å². The van der Waals surface area contributed by atoms with E-state index < -0.39 is 12.1 Å². The van der Waals surface area contributed by atoms with Crippen molar-refractivity contribution < 1.29 is 17.9 Å². The second-order valence-electron chi connectivity index (χ2n) is 5.33. The van der Waals surface area contributed by atoms with E-state index in [1.54, 1.807) is 19.2 Å². The van der Waals surface area contributed by atoms with Crippen LogP contribution in [0.1, 0.15) is 12.0 Å². The van der Waals surface area contributed by atoms with E-state index in [1.807, 2.05) is 6.07 Å². The van der Waals surface area contributed by atoms with Gasteiger partial charge in [0.05, 0.1) is 5.92 Å². The number of ether oxygens (including phenoxy) is 1. The summed E-state index contributed by atoms with van der Waals surface area (Å²) in [6.45, 7) is 3.56. The van der Waals surface area contributed by atoms with Crippen LogP contribution in [0.5, 0.6) is 5.75 Å². The summed E-state index contributed by atoms with van der Waals surface area (Å²) in [5.74, 6) is -0.935. The third kappa shape index (κ3) is 4.10. The second kappa shape index (κ2) is 7.43. The van der Waals surface area contributed by atoms with Gasteiger partial charge in [-0.15, -0.1) is 5.73 Å². The van der Waals surface area contributed by atoms with Gasteiger partial charge in [0.2, 0.25) is 0 Å². The van der Waals surface area contributed by atoms with Gasteiger partial charge in [0.1, 0.15) is 11.5 Å². The lowest BCUT2D eigenvalue weighted by Gasteiger charge is -2.25. The zero-order valence-electron chi connectivity index (χ0n) is 13.3. The van der Waals surface area contributed by atoms with E-state index >= 15 is 0 Å². The lowest BCUT2D eigenvalue weighted by atomic mass is 9.89. The smallest absolute Gasteiger partial charge is 0.396 e. The van der Waals surface area contributed by atoms with Crippen molar-refractivity contribution in [3.63, 3.8) is 0 Å². The Kier molecular flexibility index (Phi) is 5.54. The third-order valence-electron chi connectivity index (χ3n) is 3.74. The first-order chi connectivity index (χ1) is 11.4. The van der Waals surface area contributed by atoms with E-state index in [2.05, 4.69) is 17.6 Å². The lowest BCUT2D eigenvalue weighted by molar-refractivity contribution is -0.164. The largest absolute Gasteiger partial charge is 0.461 e. The van der Waals surface area contributed by atoms with E-state index in [0.717, 1.165) is 5.69 Å². The maximum atomic E-state index is 13.3. The summed E-state index contributed by atoms with van der Waals surface area (Å²) in [6, 6.07) is 5.28. The molecule has 0 fully saturated rings. The van der Waals surface area contributed by atoms with Gasteiger partial charge in [0.15, 0.2) is 0 Å². The SMILES string of the molecule is C=C=CC1=CC=C(Oc2ccc(NC)cc2CN)CC1C(F)(F)F. The molecule has 0 heterocycles. The molecule has 1 atom stereocenters. The van der Waals surface area contributed by atoms with Gasteiger partial charge in [-0.05, 0) is 35.9 Å². The van der Waals surface area contributed by atoms with Gasteiger partial charge in [-0.2, -0.15) is 13.2 Å². The van der Waals surface area contributed by atoms with Crippen molar-refractivity contribution in [3.8, 4) is 5.75 Å². The van der Waals surface area contributed by atoms with Crippen LogP contribution in [0.2, 0.25) is 0 Å². The van der Waals surface area contributed by atoms with Gasteiger partial charge in [-0.25, -0.2) is 0 Å². The average Bonchev–Trinajstić information content (AvgIpc) is 2.55. The number of anilines is 1. The molecule has 0 spiro atoms. The number of benzene rings is 1. The minimum Gasteiger partial charge on any atom is -0.461 e. The Bertz CT molecular complexity index is 713. The average molecular weight is 336 g/mol. The topological polar surface area (TPSA) is 47.3 Å². The summed E-state index contributed by atoms with van der Waals surface area (Å²) in [5, 5.41) is 2.98. The Balaban J connectivity index is 2.29. The number of nitrogens with two attached hydrogens (primary N) is 1. The van der Waals surface area contributed by atoms with Crippen LogP contribution in [-0.4, -0.2) is 13.2 Å². The molecule has 1 aromatic carbocycles. The number of allylic oxidation sites excluding steroid dienone is 5. The molecule has 1 unspecified atom stereocenters. The van der Waals surface area contributed by atoms with E-state index in [1.165, 1.54) is 18.2 Å². The van der Waals surface area contributed by atoms with Crippen molar-refractivity contribution in [3.05, 3.63) is 65.6 Å². The number of halogens is 3. The number of hydrogen-bond donors (Lipinski definition) is 2. The Labute approximate surface area is 139 Å². The van der Waals surface area contributed by atoms with Crippen molar-refractivity contribution in [1.82, 2.24) is 0 Å². The van der Waals surface area contributed by atoms with E-state index in [0.29, 0.717) is 11.3 Å². The maximum absolute atomic E-state index is 13.3. The molecule has 24 heavy (non-hydrogen) atoms. The monoisotopic (exact) mass is 336 g/mol. The van der Waals surface area contributed by atoms with Crippen LogP contribution in [0.4, 0.5) is 18.9 Å². The normalized spacial score (nSPS) is 17.5. The molecule has 0 amide bonds. The number of hydrogen-bond acceptors (Lipinski definition) is 3. The second-order valence-corrected chi connectivity index (χ2v) is 5.33. The molecule has 1 aliphatic carbocycles. The standard InChI is InChI=1S/C18H19F3N2O/c1-3-4-12-5-7-15(10-16(12)18(19,20)21)24-17-8-6-14(23-2)9-13(17)11-22/h4-9,16,23H,1,10-11,22H2,2H3. The molecular formula is C18H19F3N2O. The summed E-state index contributed by atoms with van der Waals surface area (Å²) in [6.07, 6.45) is -0.463. The van der Waals surface area contributed by atoms with Gasteiger partial charge in [0.25, 0.3) is 0 Å². The van der Waals surface area contributed by atoms with Crippen molar-refractivity contribution in [2.24, 2.45) is 11.7 Å². The van der Waals surface area contributed by atoms with Crippen LogP contribution in [0.3, 0.4) is 0 Å². The quantitative estimate of drug-likeness (QED) is 0.788. The van der Waals surface area contributed by atoms with Crippen LogP contribution in [0, 0.1) is 5.92 Å². The van der Waals surface area contributed by atoms with Crippen molar-refractivity contribution >= 4 is 5.69 Å². The highest BCUT2D eigenvalue weighted by atomic mass is 19.4. The lowest BCUT2D eigenvalue weighted by Crippen LogP contribution is -2.27. The number of rotatable bonds is 5. The number of alkyl halides is 3. The summed E-state index contributed by atoms with van der Waals surface area (Å²) in [5.41, 5.74) is 9.78. The van der Waals surface area contributed by atoms with Crippen LogP contribution in [-0.2, 0) is 6.54 Å². The minimum absolute atomic E-state index is 0.120. The fraction of sp³-hybridized carbons (Fsp3) is 0.278. The maximum Gasteiger partial charge on any atom is 0.396 e. The Hall–Kier alpha value is -2.43. The molecule has 0 aromatic heterocycles. The molecule has 1 aromatic rings. The van der Waals surface area contributed by atoms with Gasteiger partial charge >= 0.3 is 6.18 Å². The summed E-state index contributed by atoms with van der Waals surface area (Å²) < 4.78 is 45.4. The molecule has 0 radical (unpaired) electrons. The third-order valence-corrected chi connectivity index (χ3v) is 3.74. The van der Waals surface area contributed by atoms with E-state index in [4.69, 9.17) is 10.5 Å². The molecule has 128 valence electrons. The minimum atomic E-state index is -4.37. The molecule has 1 aliphatic rings. The highest BCUT2D eigenvalue weighted by Crippen LogP contribution is 2.40. The van der Waals surface area contributed by atoms with E-state index in [-0.39, 0.29) is 24.3 Å². The van der Waals surface area contributed by atoms with Crippen LogP contribution < -0.4 is 15.8 Å². The van der Waals surface area contributed by atoms with E-state index in [9.17, 15) is 13.2 Å². The van der Waals surface area contributed by atoms with Gasteiger partial charge in [-0.1, -0.05) is 12.7 Å². The Morgan fingerprint density at radius 2 is 2.17 bits per heavy atom. The predicted molar refractivity (Wildman–Crippen MR) is 88.5 cm³/mol. The van der Waals surface area contributed by atoms with Crippen LogP contribution in [0.15, 0.2) is 60.1 Å². The molecule has 0 saturated carbocycles. The fourth-order valence-corrected chi connectivity index (χ4v) is 2.47. The highest BCUT2D eigenvalue weighted by Gasteiger charge is 2.43. The van der Waals surface area contributed by atoms with Gasteiger partial charge in [0, 0.05) is 31.3 Å². The number of nitrogens with one attached hydrogen (secondary N) is 1. The molecule has 3 N–H and O–H groups in total. The van der Waals surface area contributed by atoms with Gasteiger partial charge in [-0.3, -0.25) is 0 Å². The molecule has 0 bridgehead atoms. The summed E-state index contributed by atoms with van der Waals surface area (Å²) in [7, 11) is 1.77. The molecular weight excluding hydrogens is 317 g/mol. The first kappa shape index (κ1) is 17.9.